The predicted molar refractivity (Wildman–Crippen MR) is 84.4 cm³/mol. The molecule has 0 heterocycles. The molecule has 0 amide bonds. The molecule has 1 atom stereocenters. The molecule has 0 saturated carbocycles. The normalized spacial score (nSPS) is 12.9. The highest BCUT2D eigenvalue weighted by Crippen LogP contribution is 2.32. The number of ether oxygens (including phenoxy) is 1. The maximum Gasteiger partial charge on any atom is 0.416 e. The molecule has 0 aromatic heterocycles. The summed E-state index contributed by atoms with van der Waals surface area (Å²) in [6.45, 7) is 0.861. The zero-order valence-electron chi connectivity index (χ0n) is 12.9. The first kappa shape index (κ1) is 17.3. The number of nitrogens with one attached hydrogen (secondary N) is 1. The average molecular weight is 323 g/mol. The van der Waals surface area contributed by atoms with Gasteiger partial charge >= 0.3 is 6.18 Å². The minimum Gasteiger partial charge on any atom is -0.486 e. The van der Waals surface area contributed by atoms with Crippen molar-refractivity contribution in [3.63, 3.8) is 0 Å². The molecule has 1 N–H and O–H groups in total. The Labute approximate surface area is 134 Å². The van der Waals surface area contributed by atoms with Crippen molar-refractivity contribution in [1.82, 2.24) is 5.32 Å². The van der Waals surface area contributed by atoms with Crippen molar-refractivity contribution in [2.24, 2.45) is 0 Å². The van der Waals surface area contributed by atoms with Gasteiger partial charge in [0.1, 0.15) is 11.9 Å². The van der Waals surface area contributed by atoms with Crippen molar-refractivity contribution in [2.45, 2.75) is 25.1 Å². The fourth-order valence-electron chi connectivity index (χ4n) is 2.31. The molecular formula is C18H20F3NO. The van der Waals surface area contributed by atoms with Crippen LogP contribution in [0.2, 0.25) is 0 Å². The fourth-order valence-corrected chi connectivity index (χ4v) is 2.31. The molecule has 23 heavy (non-hydrogen) atoms. The van der Waals surface area contributed by atoms with Crippen LogP contribution in [0.3, 0.4) is 0 Å². The summed E-state index contributed by atoms with van der Waals surface area (Å²) in [7, 11) is 1.88. The standard InChI is InChI=1S/C18H20F3NO/c1-22-13-5-8-17(14-6-3-2-4-7-14)23-16-11-9-15(10-12-16)18(19,20)21/h2-4,6-7,9-12,17,22H,5,8,13H2,1H3/t17-/m1/s1. The van der Waals surface area contributed by atoms with Gasteiger partial charge in [-0.2, -0.15) is 13.2 Å². The Morgan fingerprint density at radius 3 is 2.22 bits per heavy atom. The van der Waals surface area contributed by atoms with Crippen molar-refractivity contribution in [3.05, 3.63) is 65.7 Å². The Morgan fingerprint density at radius 2 is 1.65 bits per heavy atom. The molecule has 124 valence electrons. The summed E-state index contributed by atoms with van der Waals surface area (Å²) < 4.78 is 43.7. The van der Waals surface area contributed by atoms with E-state index in [0.717, 1.165) is 37.1 Å². The summed E-state index contributed by atoms with van der Waals surface area (Å²) in [5.41, 5.74) is 0.347. The lowest BCUT2D eigenvalue weighted by Crippen LogP contribution is -2.13. The molecule has 0 aliphatic heterocycles. The van der Waals surface area contributed by atoms with E-state index >= 15 is 0 Å². The molecule has 0 bridgehead atoms. The fraction of sp³-hybridized carbons (Fsp3) is 0.333. The van der Waals surface area contributed by atoms with Crippen LogP contribution in [0.4, 0.5) is 13.2 Å². The maximum atomic E-state index is 12.6. The third-order valence-corrected chi connectivity index (χ3v) is 3.52. The number of alkyl halides is 3. The molecule has 0 aliphatic rings. The lowest BCUT2D eigenvalue weighted by atomic mass is 10.0. The van der Waals surface area contributed by atoms with E-state index in [0.29, 0.717) is 5.75 Å². The maximum absolute atomic E-state index is 12.6. The van der Waals surface area contributed by atoms with Gasteiger partial charge in [-0.05, 0) is 56.3 Å². The molecule has 2 nitrogen and oxygen atoms in total. The number of hydrogen-bond donors (Lipinski definition) is 1. The van der Waals surface area contributed by atoms with Crippen LogP contribution >= 0.6 is 0 Å². The van der Waals surface area contributed by atoms with E-state index in [1.54, 1.807) is 0 Å². The van der Waals surface area contributed by atoms with Crippen LogP contribution in [-0.4, -0.2) is 13.6 Å². The van der Waals surface area contributed by atoms with Crippen LogP contribution < -0.4 is 10.1 Å². The number of hydrogen-bond acceptors (Lipinski definition) is 2. The quantitative estimate of drug-likeness (QED) is 0.737. The lowest BCUT2D eigenvalue weighted by Gasteiger charge is -2.20. The van der Waals surface area contributed by atoms with Crippen LogP contribution in [0.1, 0.15) is 30.1 Å². The van der Waals surface area contributed by atoms with E-state index in [-0.39, 0.29) is 6.10 Å². The van der Waals surface area contributed by atoms with E-state index in [9.17, 15) is 13.2 Å². The summed E-state index contributed by atoms with van der Waals surface area (Å²) in [6.07, 6.45) is -2.81. The molecule has 0 saturated heterocycles. The summed E-state index contributed by atoms with van der Waals surface area (Å²) in [4.78, 5) is 0. The van der Waals surface area contributed by atoms with E-state index < -0.39 is 11.7 Å². The minimum absolute atomic E-state index is 0.179. The van der Waals surface area contributed by atoms with E-state index in [1.807, 2.05) is 37.4 Å². The highest BCUT2D eigenvalue weighted by atomic mass is 19.4. The van der Waals surface area contributed by atoms with Gasteiger partial charge in [0.15, 0.2) is 0 Å². The van der Waals surface area contributed by atoms with E-state index in [4.69, 9.17) is 4.74 Å². The Balaban J connectivity index is 2.10. The Kier molecular flexibility index (Phi) is 6.04. The molecule has 0 aliphatic carbocycles. The molecular weight excluding hydrogens is 303 g/mol. The van der Waals surface area contributed by atoms with Crippen molar-refractivity contribution in [2.75, 3.05) is 13.6 Å². The first-order chi connectivity index (χ1) is 11.0. The third kappa shape index (κ3) is 5.28. The Morgan fingerprint density at radius 1 is 1.00 bits per heavy atom. The third-order valence-electron chi connectivity index (χ3n) is 3.52. The zero-order chi connectivity index (χ0) is 16.7. The first-order valence-corrected chi connectivity index (χ1v) is 7.54. The van der Waals surface area contributed by atoms with Gasteiger partial charge in [-0.3, -0.25) is 0 Å². The predicted octanol–water partition coefficient (Wildman–Crippen LogP) is 4.83. The Hall–Kier alpha value is -2.01. The van der Waals surface area contributed by atoms with Crippen LogP contribution in [0.5, 0.6) is 5.75 Å². The zero-order valence-corrected chi connectivity index (χ0v) is 12.9. The van der Waals surface area contributed by atoms with Gasteiger partial charge in [0, 0.05) is 0 Å². The van der Waals surface area contributed by atoms with Crippen LogP contribution in [0.15, 0.2) is 54.6 Å². The van der Waals surface area contributed by atoms with Gasteiger partial charge in [-0.25, -0.2) is 0 Å². The van der Waals surface area contributed by atoms with E-state index in [2.05, 4.69) is 5.32 Å². The molecule has 2 rings (SSSR count). The largest absolute Gasteiger partial charge is 0.486 e. The molecule has 0 fully saturated rings. The summed E-state index contributed by atoms with van der Waals surface area (Å²) in [5, 5.41) is 3.08. The van der Waals surface area contributed by atoms with Crippen molar-refractivity contribution in [3.8, 4) is 5.75 Å². The molecule has 2 aromatic rings. The van der Waals surface area contributed by atoms with Gasteiger partial charge in [-0.1, -0.05) is 30.3 Å². The number of halogens is 3. The van der Waals surface area contributed by atoms with Crippen LogP contribution in [0.25, 0.3) is 0 Å². The second-order valence-corrected chi connectivity index (χ2v) is 5.29. The summed E-state index contributed by atoms with van der Waals surface area (Å²) in [5.74, 6) is 0.441. The topological polar surface area (TPSA) is 21.3 Å². The van der Waals surface area contributed by atoms with E-state index in [1.165, 1.54) is 12.1 Å². The molecule has 5 heteroatoms. The van der Waals surface area contributed by atoms with Gasteiger partial charge < -0.3 is 10.1 Å². The van der Waals surface area contributed by atoms with Crippen molar-refractivity contribution >= 4 is 0 Å². The monoisotopic (exact) mass is 323 g/mol. The smallest absolute Gasteiger partial charge is 0.416 e. The lowest BCUT2D eigenvalue weighted by molar-refractivity contribution is -0.137. The van der Waals surface area contributed by atoms with Crippen molar-refractivity contribution < 1.29 is 17.9 Å². The number of benzene rings is 2. The summed E-state index contributed by atoms with van der Waals surface area (Å²) in [6, 6.07) is 14.5. The highest BCUT2D eigenvalue weighted by molar-refractivity contribution is 5.30. The first-order valence-electron chi connectivity index (χ1n) is 7.54. The van der Waals surface area contributed by atoms with Gasteiger partial charge in [-0.15, -0.1) is 0 Å². The summed E-state index contributed by atoms with van der Waals surface area (Å²) >= 11 is 0. The second-order valence-electron chi connectivity index (χ2n) is 5.29. The average Bonchev–Trinajstić information content (AvgIpc) is 2.54. The molecule has 2 aromatic carbocycles. The second kappa shape index (κ2) is 8.02. The molecule has 0 radical (unpaired) electrons. The minimum atomic E-state index is -4.33. The number of rotatable bonds is 7. The van der Waals surface area contributed by atoms with Gasteiger partial charge in [0.2, 0.25) is 0 Å². The van der Waals surface area contributed by atoms with Crippen LogP contribution in [0, 0.1) is 0 Å². The van der Waals surface area contributed by atoms with Crippen LogP contribution in [-0.2, 0) is 6.18 Å². The Bertz CT molecular complexity index is 581. The SMILES string of the molecule is CNCCC[C@@H](Oc1ccc(C(F)(F)F)cc1)c1ccccc1. The molecule has 0 unspecified atom stereocenters. The molecule has 0 spiro atoms. The van der Waals surface area contributed by atoms with Gasteiger partial charge in [0.25, 0.3) is 0 Å². The highest BCUT2D eigenvalue weighted by Gasteiger charge is 2.30. The van der Waals surface area contributed by atoms with Gasteiger partial charge in [0.05, 0.1) is 5.56 Å². The van der Waals surface area contributed by atoms with Crippen molar-refractivity contribution in [1.29, 1.82) is 0 Å².